The Kier molecular flexibility index (Phi) is 5.14. The Morgan fingerprint density at radius 3 is 2.73 bits per heavy atom. The summed E-state index contributed by atoms with van der Waals surface area (Å²) in [7, 11) is 1.63. The average molecular weight is 402 g/mol. The van der Waals surface area contributed by atoms with Crippen LogP contribution in [0.1, 0.15) is 28.8 Å². The summed E-state index contributed by atoms with van der Waals surface area (Å²) in [6.45, 7) is 1.93. The summed E-state index contributed by atoms with van der Waals surface area (Å²) >= 11 is 0. The number of anilines is 1. The zero-order valence-corrected chi connectivity index (χ0v) is 16.8. The molecular weight excluding hydrogens is 380 g/mol. The number of aromatic nitrogens is 1. The number of hydrogen-bond acceptors (Lipinski definition) is 3. The fourth-order valence-electron chi connectivity index (χ4n) is 3.67. The Bertz CT molecular complexity index is 1170. The first-order valence-corrected chi connectivity index (χ1v) is 9.67. The van der Waals surface area contributed by atoms with E-state index in [2.05, 4.69) is 10.3 Å². The molecule has 3 aromatic rings. The molecule has 3 N–H and O–H groups in total. The van der Waals surface area contributed by atoms with E-state index in [9.17, 15) is 9.59 Å². The van der Waals surface area contributed by atoms with Gasteiger partial charge in [-0.15, -0.1) is 0 Å². The van der Waals surface area contributed by atoms with E-state index in [1.54, 1.807) is 7.11 Å². The Morgan fingerprint density at radius 2 is 1.97 bits per heavy atom. The summed E-state index contributed by atoms with van der Waals surface area (Å²) in [5.41, 5.74) is 6.89. The van der Waals surface area contributed by atoms with Crippen molar-refractivity contribution < 1.29 is 19.4 Å². The lowest BCUT2D eigenvalue weighted by Crippen LogP contribution is -2.03. The highest BCUT2D eigenvalue weighted by Crippen LogP contribution is 2.37. The number of fused-ring (bicyclic) bond motifs is 1. The van der Waals surface area contributed by atoms with Gasteiger partial charge in [-0.2, -0.15) is 0 Å². The highest BCUT2D eigenvalue weighted by atomic mass is 16.5. The van der Waals surface area contributed by atoms with Crippen LogP contribution in [-0.4, -0.2) is 29.1 Å². The van der Waals surface area contributed by atoms with Crippen LogP contribution in [0.5, 0.6) is 5.75 Å². The minimum atomic E-state index is -0.827. The van der Waals surface area contributed by atoms with E-state index in [4.69, 9.17) is 9.84 Å². The zero-order valence-electron chi connectivity index (χ0n) is 16.8. The van der Waals surface area contributed by atoms with Gasteiger partial charge in [0.05, 0.1) is 12.7 Å². The van der Waals surface area contributed by atoms with Gasteiger partial charge in [0, 0.05) is 29.6 Å². The maximum atomic E-state index is 12.6. The van der Waals surface area contributed by atoms with Gasteiger partial charge in [0.15, 0.2) is 0 Å². The van der Waals surface area contributed by atoms with Gasteiger partial charge in [-0.25, -0.2) is 0 Å². The lowest BCUT2D eigenvalue weighted by Gasteiger charge is -2.07. The van der Waals surface area contributed by atoms with E-state index < -0.39 is 5.97 Å². The monoisotopic (exact) mass is 402 g/mol. The van der Waals surface area contributed by atoms with Gasteiger partial charge in [-0.05, 0) is 59.9 Å². The first kappa shape index (κ1) is 19.5. The number of aliphatic carboxylic acids is 1. The molecule has 2 aromatic carbocycles. The second-order valence-corrected chi connectivity index (χ2v) is 7.25. The number of nitrogens with one attached hydrogen (secondary N) is 2. The van der Waals surface area contributed by atoms with E-state index in [1.807, 2.05) is 61.7 Å². The molecule has 0 unspecified atom stereocenters. The summed E-state index contributed by atoms with van der Waals surface area (Å²) in [5.74, 6) is -0.209. The number of carbonyl (C=O) groups is 2. The average Bonchev–Trinajstić information content (AvgIpc) is 3.25. The Labute approximate surface area is 174 Å². The van der Waals surface area contributed by atoms with Crippen LogP contribution in [0.15, 0.2) is 48.7 Å². The molecule has 0 radical (unpaired) electrons. The maximum Gasteiger partial charge on any atom is 0.303 e. The predicted molar refractivity (Wildman–Crippen MR) is 116 cm³/mol. The number of ether oxygens (including phenoxy) is 1. The second-order valence-electron chi connectivity index (χ2n) is 7.25. The van der Waals surface area contributed by atoms with Crippen molar-refractivity contribution in [3.05, 3.63) is 71.0 Å². The van der Waals surface area contributed by atoms with Gasteiger partial charge in [0.1, 0.15) is 5.75 Å². The number of aryl methyl sites for hydroxylation is 1. The van der Waals surface area contributed by atoms with Crippen LogP contribution in [0.25, 0.3) is 22.8 Å². The standard InChI is InChI=1S/C24H22N2O4/c1-14-17(7-9-23(27)28)13-25-21(14)12-20-19-8-6-16(11-22(19)26-24(20)29)15-4-3-5-18(10-15)30-2/h3-6,8,10-13,25H,7,9H2,1-2H3,(H,26,29)(H,27,28). The Balaban J connectivity index is 1.65. The van der Waals surface area contributed by atoms with Gasteiger partial charge in [0.2, 0.25) is 0 Å². The quantitative estimate of drug-likeness (QED) is 0.529. The van der Waals surface area contributed by atoms with Crippen molar-refractivity contribution in [2.24, 2.45) is 0 Å². The SMILES string of the molecule is COc1cccc(-c2ccc3c(c2)NC(=O)C3=Cc2[nH]cc(CCC(=O)O)c2C)c1. The van der Waals surface area contributed by atoms with E-state index in [1.165, 1.54) is 0 Å². The first-order valence-electron chi connectivity index (χ1n) is 9.67. The van der Waals surface area contributed by atoms with Gasteiger partial charge in [-0.3, -0.25) is 9.59 Å². The molecule has 0 atom stereocenters. The second kappa shape index (κ2) is 7.91. The third-order valence-electron chi connectivity index (χ3n) is 5.39. The van der Waals surface area contributed by atoms with Crippen LogP contribution in [-0.2, 0) is 16.0 Å². The molecule has 6 heteroatoms. The number of rotatable bonds is 6. The summed E-state index contributed by atoms with van der Waals surface area (Å²) in [4.78, 5) is 26.6. The topological polar surface area (TPSA) is 91.4 Å². The first-order chi connectivity index (χ1) is 14.5. The molecule has 1 aromatic heterocycles. The largest absolute Gasteiger partial charge is 0.497 e. The number of carboxylic acid groups (broad SMARTS) is 1. The van der Waals surface area contributed by atoms with Crippen molar-refractivity contribution in [2.45, 2.75) is 19.8 Å². The highest BCUT2D eigenvalue weighted by molar-refractivity contribution is 6.35. The number of benzene rings is 2. The molecule has 0 aliphatic carbocycles. The minimum absolute atomic E-state index is 0.0745. The fourth-order valence-corrected chi connectivity index (χ4v) is 3.67. The van der Waals surface area contributed by atoms with Crippen LogP contribution in [0.4, 0.5) is 5.69 Å². The molecular formula is C24H22N2O4. The number of hydrogen-bond donors (Lipinski definition) is 3. The molecule has 0 saturated heterocycles. The number of carbonyl (C=O) groups excluding carboxylic acids is 1. The van der Waals surface area contributed by atoms with Gasteiger partial charge in [-0.1, -0.05) is 24.3 Å². The number of H-pyrrole nitrogens is 1. The van der Waals surface area contributed by atoms with Gasteiger partial charge < -0.3 is 20.1 Å². The van der Waals surface area contributed by atoms with Crippen molar-refractivity contribution >= 4 is 29.2 Å². The fraction of sp³-hybridized carbons (Fsp3) is 0.167. The highest BCUT2D eigenvalue weighted by Gasteiger charge is 2.25. The molecule has 1 aliphatic heterocycles. The molecule has 1 amide bonds. The molecule has 152 valence electrons. The van der Waals surface area contributed by atoms with E-state index in [0.717, 1.165) is 44.9 Å². The third-order valence-corrected chi connectivity index (χ3v) is 5.39. The Morgan fingerprint density at radius 1 is 1.17 bits per heavy atom. The third kappa shape index (κ3) is 3.72. The summed E-state index contributed by atoms with van der Waals surface area (Å²) in [5, 5.41) is 11.8. The number of amides is 1. The van der Waals surface area contributed by atoms with Crippen molar-refractivity contribution in [1.82, 2.24) is 4.98 Å². The smallest absolute Gasteiger partial charge is 0.303 e. The lowest BCUT2D eigenvalue weighted by atomic mass is 9.99. The van der Waals surface area contributed by atoms with Crippen molar-refractivity contribution in [3.8, 4) is 16.9 Å². The van der Waals surface area contributed by atoms with Gasteiger partial charge in [0.25, 0.3) is 5.91 Å². The zero-order chi connectivity index (χ0) is 21.3. The van der Waals surface area contributed by atoms with Crippen LogP contribution >= 0.6 is 0 Å². The minimum Gasteiger partial charge on any atom is -0.497 e. The van der Waals surface area contributed by atoms with Crippen LogP contribution in [0.3, 0.4) is 0 Å². The number of methoxy groups -OCH3 is 1. The Hall–Kier alpha value is -3.80. The predicted octanol–water partition coefficient (Wildman–Crippen LogP) is 4.51. The van der Waals surface area contributed by atoms with E-state index in [-0.39, 0.29) is 12.3 Å². The van der Waals surface area contributed by atoms with E-state index in [0.29, 0.717) is 12.0 Å². The molecule has 0 spiro atoms. The van der Waals surface area contributed by atoms with Crippen LogP contribution in [0, 0.1) is 6.92 Å². The number of carboxylic acids is 1. The van der Waals surface area contributed by atoms with Crippen molar-refractivity contribution in [1.29, 1.82) is 0 Å². The van der Waals surface area contributed by atoms with Crippen molar-refractivity contribution in [3.63, 3.8) is 0 Å². The van der Waals surface area contributed by atoms with Crippen LogP contribution in [0.2, 0.25) is 0 Å². The normalized spacial score (nSPS) is 13.9. The van der Waals surface area contributed by atoms with E-state index >= 15 is 0 Å². The molecule has 30 heavy (non-hydrogen) atoms. The van der Waals surface area contributed by atoms with Crippen LogP contribution < -0.4 is 10.1 Å². The summed E-state index contributed by atoms with van der Waals surface area (Å²) in [6.07, 6.45) is 4.16. The maximum absolute atomic E-state index is 12.6. The molecule has 0 fully saturated rings. The molecule has 2 heterocycles. The summed E-state index contributed by atoms with van der Waals surface area (Å²) in [6, 6.07) is 13.7. The molecule has 0 bridgehead atoms. The number of aromatic amines is 1. The van der Waals surface area contributed by atoms with Gasteiger partial charge >= 0.3 is 5.97 Å². The molecule has 6 nitrogen and oxygen atoms in total. The molecule has 4 rings (SSSR count). The lowest BCUT2D eigenvalue weighted by molar-refractivity contribution is -0.137. The summed E-state index contributed by atoms with van der Waals surface area (Å²) < 4.78 is 5.30. The molecule has 0 saturated carbocycles. The van der Waals surface area contributed by atoms with Crippen molar-refractivity contribution in [2.75, 3.05) is 12.4 Å². The molecule has 1 aliphatic rings.